The van der Waals surface area contributed by atoms with E-state index in [1.165, 1.54) is 26.3 Å². The Labute approximate surface area is 157 Å². The summed E-state index contributed by atoms with van der Waals surface area (Å²) in [7, 11) is 2.50. The molecule has 0 radical (unpaired) electrons. The third-order valence-electron chi connectivity index (χ3n) is 3.33. The Morgan fingerprint density at radius 2 is 1.64 bits per heavy atom. The number of thiophene rings is 1. The predicted molar refractivity (Wildman–Crippen MR) is 85.2 cm³/mol. The van der Waals surface area contributed by atoms with E-state index < -0.39 is 22.9 Å². The van der Waals surface area contributed by atoms with Gasteiger partial charge in [0.05, 0.1) is 18.1 Å². The Kier molecular flexibility index (Phi) is 4.95. The molecule has 0 amide bonds. The van der Waals surface area contributed by atoms with Crippen LogP contribution in [0, 0.1) is 0 Å². The molecule has 13 heteroatoms. The fourth-order valence-electron chi connectivity index (χ4n) is 2.07. The molecule has 0 aliphatic rings. The zero-order chi connectivity index (χ0) is 20.7. The molecule has 0 fully saturated rings. The second-order valence-corrected chi connectivity index (χ2v) is 6.41. The molecule has 150 valence electrons. The van der Waals surface area contributed by atoms with Crippen molar-refractivity contribution in [3.8, 4) is 28.3 Å². The first kappa shape index (κ1) is 19.9. The Morgan fingerprint density at radius 1 is 0.964 bits per heavy atom. The fraction of sp³-hybridized carbons (Fsp3) is 0.267. The van der Waals surface area contributed by atoms with Crippen LogP contribution in [0.1, 0.15) is 10.6 Å². The highest BCUT2D eigenvalue weighted by atomic mass is 32.1. The van der Waals surface area contributed by atoms with Gasteiger partial charge in [-0.1, -0.05) is 0 Å². The molecule has 0 aliphatic heterocycles. The summed E-state index contributed by atoms with van der Waals surface area (Å²) in [5.41, 5.74) is -1.17. The van der Waals surface area contributed by atoms with Gasteiger partial charge >= 0.3 is 12.4 Å². The lowest BCUT2D eigenvalue weighted by Crippen LogP contribution is -2.06. The maximum Gasteiger partial charge on any atom is 0.435 e. The number of nitrogens with zero attached hydrogens (tertiary/aromatic N) is 4. The molecule has 0 bridgehead atoms. The van der Waals surface area contributed by atoms with Crippen LogP contribution in [-0.2, 0) is 19.4 Å². The fourth-order valence-corrected chi connectivity index (χ4v) is 2.88. The third-order valence-corrected chi connectivity index (χ3v) is 4.46. The number of rotatable bonds is 4. The van der Waals surface area contributed by atoms with Gasteiger partial charge in [-0.15, -0.1) is 11.3 Å². The average Bonchev–Trinajstić information content (AvgIpc) is 3.22. The maximum absolute atomic E-state index is 12.8. The van der Waals surface area contributed by atoms with Crippen molar-refractivity contribution < 1.29 is 35.8 Å². The van der Waals surface area contributed by atoms with Gasteiger partial charge in [0.2, 0.25) is 17.6 Å². The molecule has 3 aromatic heterocycles. The number of halogens is 6. The normalized spacial score (nSPS) is 12.3. The van der Waals surface area contributed by atoms with Gasteiger partial charge < -0.3 is 9.47 Å². The van der Waals surface area contributed by atoms with Gasteiger partial charge in [0.15, 0.2) is 11.5 Å². The minimum Gasteiger partial charge on any atom is -0.481 e. The van der Waals surface area contributed by atoms with Crippen molar-refractivity contribution in [1.82, 2.24) is 19.7 Å². The zero-order valence-corrected chi connectivity index (χ0v) is 14.9. The molecule has 0 atom stereocenters. The van der Waals surface area contributed by atoms with Crippen LogP contribution in [0.2, 0.25) is 0 Å². The standard InChI is InChI=1S/C15H10F6N4O2S/c1-25-12(5-8(24-25)14(16,17)18)27-11-6-10(26-2)22-13(23-11)7-3-4-9(28-7)15(19,20)21/h3-6H,1-2H3. The minimum absolute atomic E-state index is 0.0415. The number of aryl methyl sites for hydroxylation is 1. The highest BCUT2D eigenvalue weighted by molar-refractivity contribution is 7.15. The van der Waals surface area contributed by atoms with E-state index in [2.05, 4.69) is 15.1 Å². The van der Waals surface area contributed by atoms with Gasteiger partial charge in [-0.05, 0) is 12.1 Å². The van der Waals surface area contributed by atoms with Crippen molar-refractivity contribution in [3.63, 3.8) is 0 Å². The van der Waals surface area contributed by atoms with E-state index in [0.717, 1.165) is 10.7 Å². The van der Waals surface area contributed by atoms with E-state index in [0.29, 0.717) is 17.4 Å². The van der Waals surface area contributed by atoms with Crippen LogP contribution in [0.4, 0.5) is 26.3 Å². The predicted octanol–water partition coefficient (Wildman–Crippen LogP) is 4.78. The summed E-state index contributed by atoms with van der Waals surface area (Å²) in [6.07, 6.45) is -9.19. The number of hydrogen-bond acceptors (Lipinski definition) is 6. The maximum atomic E-state index is 12.8. The molecule has 0 saturated carbocycles. The molecule has 3 rings (SSSR count). The smallest absolute Gasteiger partial charge is 0.435 e. The summed E-state index contributed by atoms with van der Waals surface area (Å²) in [6, 6.07) is 3.90. The van der Waals surface area contributed by atoms with E-state index in [1.807, 2.05) is 0 Å². The van der Waals surface area contributed by atoms with Gasteiger partial charge in [0.1, 0.15) is 4.88 Å². The summed E-state index contributed by atoms with van der Waals surface area (Å²) in [4.78, 5) is 7.15. The number of ether oxygens (including phenoxy) is 2. The molecular formula is C15H10F6N4O2S. The summed E-state index contributed by atoms with van der Waals surface area (Å²) in [6.45, 7) is 0. The lowest BCUT2D eigenvalue weighted by atomic mass is 10.4. The van der Waals surface area contributed by atoms with Crippen LogP contribution in [0.3, 0.4) is 0 Å². The van der Waals surface area contributed by atoms with Crippen LogP contribution in [0.5, 0.6) is 17.6 Å². The number of aromatic nitrogens is 4. The third kappa shape index (κ3) is 4.18. The molecule has 0 aliphatic carbocycles. The first-order valence-corrected chi connectivity index (χ1v) is 8.18. The van der Waals surface area contributed by atoms with Gasteiger partial charge in [0, 0.05) is 13.1 Å². The Hall–Kier alpha value is -2.83. The van der Waals surface area contributed by atoms with E-state index in [4.69, 9.17) is 9.47 Å². The second-order valence-electron chi connectivity index (χ2n) is 5.33. The van der Waals surface area contributed by atoms with E-state index >= 15 is 0 Å². The van der Waals surface area contributed by atoms with Crippen LogP contribution in [-0.4, -0.2) is 26.9 Å². The number of alkyl halides is 6. The average molecular weight is 424 g/mol. The summed E-state index contributed by atoms with van der Waals surface area (Å²) < 4.78 is 87.8. The quantitative estimate of drug-likeness (QED) is 0.565. The van der Waals surface area contributed by atoms with E-state index in [-0.39, 0.29) is 28.3 Å². The van der Waals surface area contributed by atoms with Crippen molar-refractivity contribution >= 4 is 11.3 Å². The summed E-state index contributed by atoms with van der Waals surface area (Å²) in [5, 5.41) is 3.30. The van der Waals surface area contributed by atoms with Crippen molar-refractivity contribution in [2.75, 3.05) is 7.11 Å². The second kappa shape index (κ2) is 6.96. The molecule has 0 saturated heterocycles. The van der Waals surface area contributed by atoms with Gasteiger partial charge in [0.25, 0.3) is 0 Å². The van der Waals surface area contributed by atoms with E-state index in [9.17, 15) is 26.3 Å². The summed E-state index contributed by atoms with van der Waals surface area (Å²) >= 11 is 0.410. The molecule has 6 nitrogen and oxygen atoms in total. The molecule has 0 N–H and O–H groups in total. The molecule has 0 aromatic carbocycles. The number of methoxy groups -OCH3 is 1. The van der Waals surface area contributed by atoms with Crippen molar-refractivity contribution in [2.45, 2.75) is 12.4 Å². The molecular weight excluding hydrogens is 414 g/mol. The Balaban J connectivity index is 1.96. The van der Waals surface area contributed by atoms with Crippen LogP contribution >= 0.6 is 11.3 Å². The first-order valence-electron chi connectivity index (χ1n) is 7.37. The monoisotopic (exact) mass is 424 g/mol. The molecule has 0 spiro atoms. The molecule has 0 unspecified atom stereocenters. The van der Waals surface area contributed by atoms with Crippen molar-refractivity contribution in [2.24, 2.45) is 7.05 Å². The molecule has 3 heterocycles. The van der Waals surface area contributed by atoms with Crippen molar-refractivity contribution in [3.05, 3.63) is 34.8 Å². The lowest BCUT2D eigenvalue weighted by molar-refractivity contribution is -0.141. The zero-order valence-electron chi connectivity index (χ0n) is 14.1. The Morgan fingerprint density at radius 3 is 2.18 bits per heavy atom. The highest BCUT2D eigenvalue weighted by Crippen LogP contribution is 2.38. The minimum atomic E-state index is -4.67. The SMILES string of the molecule is COc1cc(Oc2cc(C(F)(F)F)nn2C)nc(-c2ccc(C(F)(F)F)s2)n1. The van der Waals surface area contributed by atoms with Gasteiger partial charge in [-0.2, -0.15) is 41.4 Å². The molecule has 3 aromatic rings. The topological polar surface area (TPSA) is 62.1 Å². The largest absolute Gasteiger partial charge is 0.481 e. The van der Waals surface area contributed by atoms with Gasteiger partial charge in [-0.25, -0.2) is 4.68 Å². The first-order chi connectivity index (χ1) is 13.0. The summed E-state index contributed by atoms with van der Waals surface area (Å²) in [5.74, 6) is -0.671. The van der Waals surface area contributed by atoms with Crippen molar-refractivity contribution in [1.29, 1.82) is 0 Å². The van der Waals surface area contributed by atoms with E-state index in [1.54, 1.807) is 0 Å². The van der Waals surface area contributed by atoms with Gasteiger partial charge in [-0.3, -0.25) is 0 Å². The van der Waals surface area contributed by atoms with Crippen LogP contribution in [0.15, 0.2) is 24.3 Å². The number of hydrogen-bond donors (Lipinski definition) is 0. The van der Waals surface area contributed by atoms with Crippen LogP contribution < -0.4 is 9.47 Å². The highest BCUT2D eigenvalue weighted by Gasteiger charge is 2.35. The van der Waals surface area contributed by atoms with Crippen LogP contribution in [0.25, 0.3) is 10.7 Å². The lowest BCUT2D eigenvalue weighted by Gasteiger charge is -2.08. The molecule has 28 heavy (non-hydrogen) atoms. The Bertz CT molecular complexity index is 995.